The van der Waals surface area contributed by atoms with Crippen molar-refractivity contribution in [2.75, 3.05) is 0 Å². The summed E-state index contributed by atoms with van der Waals surface area (Å²) in [6, 6.07) is 3.83. The fourth-order valence-corrected chi connectivity index (χ4v) is 1.34. The lowest BCUT2D eigenvalue weighted by Gasteiger charge is -2.17. The summed E-state index contributed by atoms with van der Waals surface area (Å²) in [6.07, 6.45) is 0.334. The van der Waals surface area contributed by atoms with Crippen molar-refractivity contribution >= 4 is 5.97 Å². The first-order valence-corrected chi connectivity index (χ1v) is 4.29. The van der Waals surface area contributed by atoms with Gasteiger partial charge in [0, 0.05) is 23.5 Å². The van der Waals surface area contributed by atoms with Crippen molar-refractivity contribution in [3.63, 3.8) is 0 Å². The molecule has 76 valence electrons. The van der Waals surface area contributed by atoms with E-state index in [1.54, 1.807) is 6.92 Å². The van der Waals surface area contributed by atoms with Crippen LogP contribution in [0.5, 0.6) is 11.5 Å². The van der Waals surface area contributed by atoms with Crippen molar-refractivity contribution in [2.45, 2.75) is 19.3 Å². The molecule has 0 aliphatic carbocycles. The molecule has 0 spiro atoms. The molecular formula is C10H11O4-. The SMILES string of the molecule is CCC(C(=O)[O-])c1ccc(O)cc1O. The zero-order chi connectivity index (χ0) is 10.7. The first-order chi connectivity index (χ1) is 6.56. The van der Waals surface area contributed by atoms with Gasteiger partial charge in [-0.05, 0) is 12.5 Å². The van der Waals surface area contributed by atoms with E-state index in [1.807, 2.05) is 0 Å². The summed E-state index contributed by atoms with van der Waals surface area (Å²) in [5.41, 5.74) is 0.269. The molecule has 1 rings (SSSR count). The Bertz CT molecular complexity index is 346. The Balaban J connectivity index is 3.10. The number of phenolic OH excluding ortho intramolecular Hbond substituents is 2. The smallest absolute Gasteiger partial charge is 0.123 e. The molecule has 1 unspecified atom stereocenters. The predicted octanol–water partition coefficient (Wildman–Crippen LogP) is 0.341. The second-order valence-electron chi connectivity index (χ2n) is 3.02. The molecule has 0 bridgehead atoms. The molecule has 1 atom stereocenters. The van der Waals surface area contributed by atoms with E-state index in [4.69, 9.17) is 5.11 Å². The Morgan fingerprint density at radius 3 is 2.57 bits per heavy atom. The van der Waals surface area contributed by atoms with Gasteiger partial charge >= 0.3 is 0 Å². The van der Waals surface area contributed by atoms with Crippen molar-refractivity contribution in [3.05, 3.63) is 23.8 Å². The van der Waals surface area contributed by atoms with Gasteiger partial charge in [0.25, 0.3) is 0 Å². The van der Waals surface area contributed by atoms with Crippen LogP contribution in [0.4, 0.5) is 0 Å². The van der Waals surface area contributed by atoms with E-state index in [9.17, 15) is 15.0 Å². The van der Waals surface area contributed by atoms with E-state index >= 15 is 0 Å². The van der Waals surface area contributed by atoms with E-state index < -0.39 is 11.9 Å². The number of hydrogen-bond acceptors (Lipinski definition) is 4. The highest BCUT2D eigenvalue weighted by molar-refractivity contribution is 5.75. The molecule has 0 amide bonds. The number of aliphatic carboxylic acids is 1. The molecule has 0 aliphatic rings. The largest absolute Gasteiger partial charge is 0.549 e. The van der Waals surface area contributed by atoms with Crippen LogP contribution in [0.1, 0.15) is 24.8 Å². The van der Waals surface area contributed by atoms with Gasteiger partial charge in [-0.1, -0.05) is 13.0 Å². The second kappa shape index (κ2) is 4.00. The van der Waals surface area contributed by atoms with Gasteiger partial charge in [0.15, 0.2) is 0 Å². The monoisotopic (exact) mass is 195 g/mol. The number of benzene rings is 1. The van der Waals surface area contributed by atoms with Crippen LogP contribution in [0, 0.1) is 0 Å². The van der Waals surface area contributed by atoms with E-state index in [2.05, 4.69) is 0 Å². The van der Waals surface area contributed by atoms with E-state index in [0.717, 1.165) is 6.07 Å². The van der Waals surface area contributed by atoms with Crippen LogP contribution in [0.15, 0.2) is 18.2 Å². The summed E-state index contributed by atoms with van der Waals surface area (Å²) in [6.45, 7) is 1.69. The number of carbonyl (C=O) groups is 1. The van der Waals surface area contributed by atoms with Gasteiger partial charge in [0.2, 0.25) is 0 Å². The number of rotatable bonds is 3. The number of carboxylic acids is 1. The van der Waals surface area contributed by atoms with Crippen LogP contribution in [-0.2, 0) is 4.79 Å². The van der Waals surface area contributed by atoms with Crippen molar-refractivity contribution in [2.24, 2.45) is 0 Å². The van der Waals surface area contributed by atoms with Crippen LogP contribution in [0.25, 0.3) is 0 Å². The average Bonchev–Trinajstić information content (AvgIpc) is 2.09. The van der Waals surface area contributed by atoms with E-state index in [-0.39, 0.29) is 17.1 Å². The van der Waals surface area contributed by atoms with Gasteiger partial charge in [-0.3, -0.25) is 0 Å². The highest BCUT2D eigenvalue weighted by Crippen LogP contribution is 2.30. The minimum atomic E-state index is -1.23. The maximum Gasteiger partial charge on any atom is 0.123 e. The number of phenols is 2. The Kier molecular flexibility index (Phi) is 2.96. The summed E-state index contributed by atoms with van der Waals surface area (Å²) >= 11 is 0. The summed E-state index contributed by atoms with van der Waals surface area (Å²) in [5, 5.41) is 29.1. The second-order valence-corrected chi connectivity index (χ2v) is 3.02. The molecule has 4 nitrogen and oxygen atoms in total. The topological polar surface area (TPSA) is 80.6 Å². The highest BCUT2D eigenvalue weighted by Gasteiger charge is 2.14. The molecule has 2 N–H and O–H groups in total. The zero-order valence-corrected chi connectivity index (χ0v) is 7.73. The molecule has 1 aromatic carbocycles. The van der Waals surface area contributed by atoms with Crippen molar-refractivity contribution < 1.29 is 20.1 Å². The molecule has 0 saturated carbocycles. The first kappa shape index (κ1) is 10.4. The molecule has 0 aromatic heterocycles. The lowest BCUT2D eigenvalue weighted by Crippen LogP contribution is -2.29. The van der Waals surface area contributed by atoms with Gasteiger partial charge < -0.3 is 20.1 Å². The fraction of sp³-hybridized carbons (Fsp3) is 0.300. The van der Waals surface area contributed by atoms with Crippen molar-refractivity contribution in [3.8, 4) is 11.5 Å². The maximum absolute atomic E-state index is 10.7. The quantitative estimate of drug-likeness (QED) is 0.728. The summed E-state index contributed by atoms with van der Waals surface area (Å²) < 4.78 is 0. The Morgan fingerprint density at radius 1 is 1.50 bits per heavy atom. The number of hydrogen-bond donors (Lipinski definition) is 2. The van der Waals surface area contributed by atoms with Gasteiger partial charge in [-0.15, -0.1) is 0 Å². The molecule has 0 aliphatic heterocycles. The lowest BCUT2D eigenvalue weighted by molar-refractivity contribution is -0.308. The normalized spacial score (nSPS) is 12.4. The van der Waals surface area contributed by atoms with E-state index in [0.29, 0.717) is 6.42 Å². The molecule has 1 aromatic rings. The van der Waals surface area contributed by atoms with Gasteiger partial charge in [0.1, 0.15) is 11.5 Å². The van der Waals surface area contributed by atoms with Crippen LogP contribution in [0.2, 0.25) is 0 Å². The van der Waals surface area contributed by atoms with Crippen LogP contribution in [-0.4, -0.2) is 16.2 Å². The summed E-state index contributed by atoms with van der Waals surface area (Å²) in [7, 11) is 0. The Hall–Kier alpha value is -1.71. The van der Waals surface area contributed by atoms with Crippen LogP contribution < -0.4 is 5.11 Å². The zero-order valence-electron chi connectivity index (χ0n) is 7.73. The van der Waals surface area contributed by atoms with Gasteiger partial charge in [-0.25, -0.2) is 0 Å². The molecule has 0 fully saturated rings. The third kappa shape index (κ3) is 1.96. The number of aromatic hydroxyl groups is 2. The number of carboxylic acid groups (broad SMARTS) is 1. The number of carbonyl (C=O) groups excluding carboxylic acids is 1. The maximum atomic E-state index is 10.7. The third-order valence-corrected chi connectivity index (χ3v) is 2.08. The highest BCUT2D eigenvalue weighted by atomic mass is 16.4. The minimum Gasteiger partial charge on any atom is -0.549 e. The Labute approximate surface area is 81.4 Å². The summed E-state index contributed by atoms with van der Waals surface area (Å²) in [5.74, 6) is -2.38. The lowest BCUT2D eigenvalue weighted by atomic mass is 9.96. The van der Waals surface area contributed by atoms with Gasteiger partial charge in [-0.2, -0.15) is 0 Å². The molecule has 0 saturated heterocycles. The molecule has 0 radical (unpaired) electrons. The third-order valence-electron chi connectivity index (χ3n) is 2.08. The van der Waals surface area contributed by atoms with Crippen molar-refractivity contribution in [1.29, 1.82) is 0 Å². The van der Waals surface area contributed by atoms with Gasteiger partial charge in [0.05, 0.1) is 0 Å². The fourth-order valence-electron chi connectivity index (χ4n) is 1.34. The van der Waals surface area contributed by atoms with Crippen LogP contribution >= 0.6 is 0 Å². The molecular weight excluding hydrogens is 184 g/mol. The van der Waals surface area contributed by atoms with E-state index in [1.165, 1.54) is 12.1 Å². The molecule has 14 heavy (non-hydrogen) atoms. The Morgan fingerprint density at radius 2 is 2.14 bits per heavy atom. The minimum absolute atomic E-state index is 0.0977. The van der Waals surface area contributed by atoms with Crippen LogP contribution in [0.3, 0.4) is 0 Å². The van der Waals surface area contributed by atoms with Crippen molar-refractivity contribution in [1.82, 2.24) is 0 Å². The summed E-state index contributed by atoms with van der Waals surface area (Å²) in [4.78, 5) is 10.7. The predicted molar refractivity (Wildman–Crippen MR) is 47.8 cm³/mol. The first-order valence-electron chi connectivity index (χ1n) is 4.29. The average molecular weight is 195 g/mol. The standard InChI is InChI=1S/C10H12O4/c1-2-7(10(13)14)8-4-3-6(11)5-9(8)12/h3-5,7,11-12H,2H2,1H3,(H,13,14)/p-1. The molecule has 0 heterocycles. The molecule has 4 heteroatoms.